The zero-order valence-corrected chi connectivity index (χ0v) is 10.4. The van der Waals surface area contributed by atoms with Crippen molar-refractivity contribution in [1.29, 1.82) is 0 Å². The fourth-order valence-electron chi connectivity index (χ4n) is 2.02. The van der Waals surface area contributed by atoms with E-state index in [9.17, 15) is 4.79 Å². The summed E-state index contributed by atoms with van der Waals surface area (Å²) in [5, 5.41) is 0. The summed E-state index contributed by atoms with van der Waals surface area (Å²) < 4.78 is 5.71. The molecule has 19 heavy (non-hydrogen) atoms. The molecule has 0 bridgehead atoms. The van der Waals surface area contributed by atoms with E-state index in [4.69, 9.17) is 4.74 Å². The molecule has 1 aliphatic heterocycles. The number of carbonyl (C=O) groups is 1. The highest BCUT2D eigenvalue weighted by molar-refractivity contribution is 6.10. The second-order valence-electron chi connectivity index (χ2n) is 4.39. The SMILES string of the molecule is O=C1CC=Nc2cc(OCc3ccccc3)ccc21. The Kier molecular flexibility index (Phi) is 3.11. The lowest BCUT2D eigenvalue weighted by Crippen LogP contribution is -2.04. The number of carbonyl (C=O) groups excluding carboxylic acids is 1. The van der Waals surface area contributed by atoms with Gasteiger partial charge in [0.05, 0.1) is 5.69 Å². The highest BCUT2D eigenvalue weighted by Gasteiger charge is 2.14. The second-order valence-corrected chi connectivity index (χ2v) is 4.39. The van der Waals surface area contributed by atoms with Gasteiger partial charge in [0.25, 0.3) is 0 Å². The predicted octanol–water partition coefficient (Wildman–Crippen LogP) is 3.55. The van der Waals surface area contributed by atoms with Crippen molar-refractivity contribution >= 4 is 17.7 Å². The van der Waals surface area contributed by atoms with Crippen LogP contribution in [0.15, 0.2) is 53.5 Å². The van der Waals surface area contributed by atoms with Crippen LogP contribution in [0.1, 0.15) is 22.3 Å². The van der Waals surface area contributed by atoms with Crippen molar-refractivity contribution in [2.45, 2.75) is 13.0 Å². The fraction of sp³-hybridized carbons (Fsp3) is 0.125. The molecule has 3 nitrogen and oxygen atoms in total. The van der Waals surface area contributed by atoms with Crippen LogP contribution < -0.4 is 4.74 Å². The van der Waals surface area contributed by atoms with Gasteiger partial charge in [0.2, 0.25) is 0 Å². The van der Waals surface area contributed by atoms with Crippen LogP contribution in [0.3, 0.4) is 0 Å². The summed E-state index contributed by atoms with van der Waals surface area (Å²) in [4.78, 5) is 15.9. The molecule has 94 valence electrons. The zero-order chi connectivity index (χ0) is 13.1. The number of benzene rings is 2. The molecule has 0 unspecified atom stereocenters. The first-order valence-corrected chi connectivity index (χ1v) is 6.19. The normalized spacial score (nSPS) is 13.2. The number of Topliss-reactive ketones (excluding diaryl/α,β-unsaturated/α-hetero) is 1. The van der Waals surface area contributed by atoms with E-state index in [1.54, 1.807) is 12.3 Å². The molecular weight excluding hydrogens is 238 g/mol. The first kappa shape index (κ1) is 11.7. The van der Waals surface area contributed by atoms with Crippen molar-refractivity contribution in [2.75, 3.05) is 0 Å². The van der Waals surface area contributed by atoms with Gasteiger partial charge >= 0.3 is 0 Å². The van der Waals surface area contributed by atoms with Crippen molar-refractivity contribution in [2.24, 2.45) is 4.99 Å². The first-order chi connectivity index (χ1) is 9.33. The smallest absolute Gasteiger partial charge is 0.170 e. The number of nitrogens with zero attached hydrogens (tertiary/aromatic N) is 1. The van der Waals surface area contributed by atoms with E-state index >= 15 is 0 Å². The number of ether oxygens (including phenoxy) is 1. The van der Waals surface area contributed by atoms with Gasteiger partial charge in [-0.15, -0.1) is 0 Å². The molecule has 0 saturated heterocycles. The highest BCUT2D eigenvalue weighted by atomic mass is 16.5. The minimum Gasteiger partial charge on any atom is -0.489 e. The molecule has 1 aliphatic rings. The minimum atomic E-state index is 0.111. The number of hydrogen-bond acceptors (Lipinski definition) is 3. The minimum absolute atomic E-state index is 0.111. The average Bonchev–Trinajstić information content (AvgIpc) is 2.46. The van der Waals surface area contributed by atoms with Crippen LogP contribution in [-0.2, 0) is 6.61 Å². The van der Waals surface area contributed by atoms with Gasteiger partial charge in [0, 0.05) is 24.3 Å². The number of hydrogen-bond donors (Lipinski definition) is 0. The topological polar surface area (TPSA) is 38.7 Å². The summed E-state index contributed by atoms with van der Waals surface area (Å²) in [7, 11) is 0. The van der Waals surface area contributed by atoms with Crippen LogP contribution in [0.5, 0.6) is 5.75 Å². The Morgan fingerprint density at radius 1 is 1.11 bits per heavy atom. The molecule has 0 aromatic heterocycles. The van der Waals surface area contributed by atoms with Crippen LogP contribution in [0.2, 0.25) is 0 Å². The Morgan fingerprint density at radius 3 is 2.79 bits per heavy atom. The van der Waals surface area contributed by atoms with Crippen molar-refractivity contribution in [3.8, 4) is 5.75 Å². The average molecular weight is 251 g/mol. The van der Waals surface area contributed by atoms with E-state index in [0.717, 1.165) is 11.3 Å². The van der Waals surface area contributed by atoms with Crippen molar-refractivity contribution in [1.82, 2.24) is 0 Å². The lowest BCUT2D eigenvalue weighted by molar-refractivity contribution is 0.100. The number of fused-ring (bicyclic) bond motifs is 1. The van der Waals surface area contributed by atoms with Crippen molar-refractivity contribution in [3.63, 3.8) is 0 Å². The Labute approximate surface area is 111 Å². The van der Waals surface area contributed by atoms with Gasteiger partial charge in [-0.2, -0.15) is 0 Å². The largest absolute Gasteiger partial charge is 0.489 e. The molecule has 2 aromatic carbocycles. The standard InChI is InChI=1S/C16H13NO2/c18-16-8-9-17-15-10-13(6-7-14(15)16)19-11-12-4-2-1-3-5-12/h1-7,9-10H,8,11H2. The van der Waals surface area contributed by atoms with Crippen molar-refractivity contribution < 1.29 is 9.53 Å². The van der Waals surface area contributed by atoms with Gasteiger partial charge in [-0.1, -0.05) is 30.3 Å². The lowest BCUT2D eigenvalue weighted by atomic mass is 10.0. The Balaban J connectivity index is 1.77. The molecule has 0 amide bonds. The van der Waals surface area contributed by atoms with Crippen LogP contribution in [0.4, 0.5) is 5.69 Å². The van der Waals surface area contributed by atoms with Gasteiger partial charge < -0.3 is 4.74 Å². The van der Waals surface area contributed by atoms with Gasteiger partial charge in [0.15, 0.2) is 5.78 Å². The summed E-state index contributed by atoms with van der Waals surface area (Å²) in [6.45, 7) is 0.511. The Morgan fingerprint density at radius 2 is 1.95 bits per heavy atom. The van der Waals surface area contributed by atoms with Gasteiger partial charge in [-0.25, -0.2) is 0 Å². The molecule has 0 saturated carbocycles. The third-order valence-electron chi connectivity index (χ3n) is 3.02. The Bertz CT molecular complexity index is 632. The van der Waals surface area contributed by atoms with E-state index < -0.39 is 0 Å². The second kappa shape index (κ2) is 5.06. The summed E-state index contributed by atoms with van der Waals surface area (Å²) in [5.41, 5.74) is 2.48. The fourth-order valence-corrected chi connectivity index (χ4v) is 2.02. The van der Waals surface area contributed by atoms with Crippen molar-refractivity contribution in [3.05, 3.63) is 59.7 Å². The quantitative estimate of drug-likeness (QED) is 0.836. The molecule has 3 heteroatoms. The van der Waals surface area contributed by atoms with Crippen LogP contribution in [0.25, 0.3) is 0 Å². The van der Waals surface area contributed by atoms with Crippen LogP contribution >= 0.6 is 0 Å². The van der Waals surface area contributed by atoms with Crippen LogP contribution in [-0.4, -0.2) is 12.0 Å². The van der Waals surface area contributed by atoms with E-state index in [2.05, 4.69) is 4.99 Å². The molecule has 1 heterocycles. The number of aliphatic imine (C=N–C) groups is 1. The zero-order valence-electron chi connectivity index (χ0n) is 10.4. The van der Waals surface area contributed by atoms with E-state index in [0.29, 0.717) is 24.3 Å². The van der Waals surface area contributed by atoms with E-state index in [1.165, 1.54) is 0 Å². The molecule has 0 N–H and O–H groups in total. The molecule has 0 radical (unpaired) electrons. The van der Waals surface area contributed by atoms with Gasteiger partial charge in [-0.05, 0) is 17.7 Å². The van der Waals surface area contributed by atoms with E-state index in [1.807, 2.05) is 42.5 Å². The molecule has 0 atom stereocenters. The maximum atomic E-state index is 11.6. The molecule has 2 aromatic rings. The summed E-state index contributed by atoms with van der Waals surface area (Å²) >= 11 is 0. The van der Waals surface area contributed by atoms with E-state index in [-0.39, 0.29) is 5.78 Å². The summed E-state index contributed by atoms with van der Waals surface area (Å²) in [6, 6.07) is 15.4. The molecule has 0 spiro atoms. The highest BCUT2D eigenvalue weighted by Crippen LogP contribution is 2.28. The molecule has 3 rings (SSSR count). The third kappa shape index (κ3) is 2.55. The third-order valence-corrected chi connectivity index (χ3v) is 3.02. The lowest BCUT2D eigenvalue weighted by Gasteiger charge is -2.11. The maximum Gasteiger partial charge on any atom is 0.170 e. The monoisotopic (exact) mass is 251 g/mol. The maximum absolute atomic E-state index is 11.6. The Hall–Kier alpha value is -2.42. The first-order valence-electron chi connectivity index (χ1n) is 6.19. The summed E-state index contributed by atoms with van der Waals surface area (Å²) in [6.07, 6.45) is 2.03. The van der Waals surface area contributed by atoms with Gasteiger partial charge in [0.1, 0.15) is 12.4 Å². The summed E-state index contributed by atoms with van der Waals surface area (Å²) in [5.74, 6) is 0.842. The number of rotatable bonds is 3. The predicted molar refractivity (Wildman–Crippen MR) is 74.3 cm³/mol. The van der Waals surface area contributed by atoms with Gasteiger partial charge in [-0.3, -0.25) is 9.79 Å². The molecule has 0 fully saturated rings. The number of ketones is 1. The molecular formula is C16H13NO2. The molecule has 0 aliphatic carbocycles. The van der Waals surface area contributed by atoms with Crippen LogP contribution in [0, 0.1) is 0 Å².